The maximum Gasteiger partial charge on any atom is 0.240 e. The van der Waals surface area contributed by atoms with E-state index in [4.69, 9.17) is 32.5 Å². The van der Waals surface area contributed by atoms with Crippen molar-refractivity contribution >= 4 is 23.2 Å². The van der Waals surface area contributed by atoms with E-state index in [1.54, 1.807) is 13.2 Å². The van der Waals surface area contributed by atoms with Gasteiger partial charge in [0.25, 0.3) is 0 Å². The molecule has 0 aliphatic rings. The zero-order valence-electron chi connectivity index (χ0n) is 13.8. The Morgan fingerprint density at radius 3 is 2.80 bits per heavy atom. The van der Waals surface area contributed by atoms with Crippen molar-refractivity contribution in [3.8, 4) is 17.1 Å². The topological polar surface area (TPSA) is 60.2 Å². The average molecular weight is 378 g/mol. The fourth-order valence-corrected chi connectivity index (χ4v) is 2.98. The molecule has 1 heterocycles. The first-order chi connectivity index (χ1) is 12.1. The van der Waals surface area contributed by atoms with E-state index in [-0.39, 0.29) is 6.04 Å². The zero-order valence-corrected chi connectivity index (χ0v) is 15.3. The number of aromatic nitrogens is 2. The predicted octanol–water partition coefficient (Wildman–Crippen LogP) is 4.90. The number of hydrogen-bond donors (Lipinski definition) is 1. The van der Waals surface area contributed by atoms with Crippen molar-refractivity contribution in [3.63, 3.8) is 0 Å². The van der Waals surface area contributed by atoms with Crippen molar-refractivity contribution in [3.05, 3.63) is 64.0 Å². The summed E-state index contributed by atoms with van der Waals surface area (Å²) in [6.07, 6.45) is 0. The van der Waals surface area contributed by atoms with Gasteiger partial charge in [-0.25, -0.2) is 0 Å². The number of nitrogens with one attached hydrogen (secondary N) is 1. The third-order valence-electron chi connectivity index (χ3n) is 3.78. The average Bonchev–Trinajstić information content (AvgIpc) is 3.09. The van der Waals surface area contributed by atoms with Gasteiger partial charge in [0.15, 0.2) is 0 Å². The van der Waals surface area contributed by atoms with Crippen molar-refractivity contribution in [1.82, 2.24) is 15.5 Å². The fraction of sp³-hybridized carbons (Fsp3) is 0.222. The van der Waals surface area contributed by atoms with Crippen molar-refractivity contribution in [1.29, 1.82) is 0 Å². The number of ether oxygens (including phenoxy) is 1. The number of benzene rings is 2. The maximum absolute atomic E-state index is 6.23. The van der Waals surface area contributed by atoms with Gasteiger partial charge in [-0.05, 0) is 36.8 Å². The molecule has 0 spiro atoms. The summed E-state index contributed by atoms with van der Waals surface area (Å²) in [6, 6.07) is 13.0. The Labute approximate surface area is 155 Å². The molecule has 25 heavy (non-hydrogen) atoms. The van der Waals surface area contributed by atoms with E-state index in [0.29, 0.717) is 28.3 Å². The molecule has 0 aliphatic heterocycles. The quantitative estimate of drug-likeness (QED) is 0.661. The molecule has 0 saturated heterocycles. The highest BCUT2D eigenvalue weighted by molar-refractivity contribution is 6.35. The van der Waals surface area contributed by atoms with Crippen LogP contribution in [0, 0.1) is 0 Å². The van der Waals surface area contributed by atoms with Crippen LogP contribution in [0.5, 0.6) is 5.75 Å². The molecule has 1 N–H and O–H groups in total. The molecule has 0 aliphatic carbocycles. The molecule has 7 heteroatoms. The van der Waals surface area contributed by atoms with E-state index in [2.05, 4.69) is 15.5 Å². The molecule has 3 rings (SSSR count). The van der Waals surface area contributed by atoms with Gasteiger partial charge in [-0.3, -0.25) is 0 Å². The van der Waals surface area contributed by atoms with E-state index in [9.17, 15) is 0 Å². The Bertz CT molecular complexity index is 867. The van der Waals surface area contributed by atoms with Gasteiger partial charge in [-0.2, -0.15) is 4.98 Å². The third-order valence-corrected chi connectivity index (χ3v) is 4.35. The molecule has 2 aromatic carbocycles. The molecule has 5 nitrogen and oxygen atoms in total. The second-order valence-corrected chi connectivity index (χ2v) is 6.36. The van der Waals surface area contributed by atoms with Crippen LogP contribution >= 0.6 is 23.2 Å². The van der Waals surface area contributed by atoms with E-state index in [1.165, 1.54) is 0 Å². The number of nitrogens with zero attached hydrogens (tertiary/aromatic N) is 2. The van der Waals surface area contributed by atoms with Crippen molar-refractivity contribution in [2.45, 2.75) is 19.5 Å². The van der Waals surface area contributed by atoms with Gasteiger partial charge in [-0.15, -0.1) is 0 Å². The molecule has 0 bridgehead atoms. The summed E-state index contributed by atoms with van der Waals surface area (Å²) in [5, 5.41) is 8.56. The molecule has 1 aromatic heterocycles. The minimum absolute atomic E-state index is 0.0111. The summed E-state index contributed by atoms with van der Waals surface area (Å²) in [5.41, 5.74) is 1.79. The van der Waals surface area contributed by atoms with Crippen LogP contribution in [0.15, 0.2) is 47.0 Å². The third kappa shape index (κ3) is 4.31. The fourth-order valence-electron chi connectivity index (χ4n) is 2.41. The van der Waals surface area contributed by atoms with E-state index >= 15 is 0 Å². The van der Waals surface area contributed by atoms with Crippen LogP contribution < -0.4 is 10.1 Å². The van der Waals surface area contributed by atoms with Crippen LogP contribution in [0.4, 0.5) is 0 Å². The van der Waals surface area contributed by atoms with Crippen LogP contribution in [-0.2, 0) is 6.54 Å². The molecule has 0 radical (unpaired) electrons. The molecular weight excluding hydrogens is 361 g/mol. The lowest BCUT2D eigenvalue weighted by molar-refractivity contribution is 0.360. The van der Waals surface area contributed by atoms with Gasteiger partial charge in [0.05, 0.1) is 13.7 Å². The lowest BCUT2D eigenvalue weighted by Gasteiger charge is -2.14. The summed E-state index contributed by atoms with van der Waals surface area (Å²) < 4.78 is 10.5. The molecule has 1 unspecified atom stereocenters. The SMILES string of the molecule is COc1cccc(-c2noc(CNC(C)c3ccc(Cl)cc3Cl)n2)c1. The number of hydrogen-bond acceptors (Lipinski definition) is 5. The number of rotatable bonds is 6. The van der Waals surface area contributed by atoms with E-state index < -0.39 is 0 Å². The Morgan fingerprint density at radius 2 is 2.04 bits per heavy atom. The highest BCUT2D eigenvalue weighted by Gasteiger charge is 2.13. The largest absolute Gasteiger partial charge is 0.497 e. The minimum atomic E-state index is 0.0111. The smallest absolute Gasteiger partial charge is 0.240 e. The van der Waals surface area contributed by atoms with Gasteiger partial charge in [0.1, 0.15) is 5.75 Å². The lowest BCUT2D eigenvalue weighted by atomic mass is 10.1. The second-order valence-electron chi connectivity index (χ2n) is 5.51. The Morgan fingerprint density at radius 1 is 1.20 bits per heavy atom. The minimum Gasteiger partial charge on any atom is -0.497 e. The van der Waals surface area contributed by atoms with Gasteiger partial charge < -0.3 is 14.6 Å². The summed E-state index contributed by atoms with van der Waals surface area (Å²) >= 11 is 12.2. The summed E-state index contributed by atoms with van der Waals surface area (Å²) in [6.45, 7) is 2.44. The molecule has 130 valence electrons. The second kappa shape index (κ2) is 7.87. The van der Waals surface area contributed by atoms with Crippen LogP contribution in [0.3, 0.4) is 0 Å². The normalized spacial score (nSPS) is 12.2. The van der Waals surface area contributed by atoms with Crippen LogP contribution in [0.1, 0.15) is 24.4 Å². The predicted molar refractivity (Wildman–Crippen MR) is 98.0 cm³/mol. The van der Waals surface area contributed by atoms with Crippen LogP contribution in [-0.4, -0.2) is 17.3 Å². The van der Waals surface area contributed by atoms with Gasteiger partial charge in [0.2, 0.25) is 11.7 Å². The van der Waals surface area contributed by atoms with Gasteiger partial charge in [-0.1, -0.05) is 46.6 Å². The molecule has 0 fully saturated rings. The van der Waals surface area contributed by atoms with E-state index in [1.807, 2.05) is 43.3 Å². The van der Waals surface area contributed by atoms with Gasteiger partial charge >= 0.3 is 0 Å². The highest BCUT2D eigenvalue weighted by atomic mass is 35.5. The monoisotopic (exact) mass is 377 g/mol. The van der Waals surface area contributed by atoms with Gasteiger partial charge in [0, 0.05) is 21.7 Å². The lowest BCUT2D eigenvalue weighted by Crippen LogP contribution is -2.18. The molecule has 1 atom stereocenters. The zero-order chi connectivity index (χ0) is 17.8. The molecule has 3 aromatic rings. The standard InChI is InChI=1S/C18H17Cl2N3O2/c1-11(15-7-6-13(19)9-16(15)20)21-10-17-22-18(23-25-17)12-4-3-5-14(8-12)24-2/h3-9,11,21H,10H2,1-2H3. The molecular formula is C18H17Cl2N3O2. The van der Waals surface area contributed by atoms with Crippen molar-refractivity contribution in [2.75, 3.05) is 7.11 Å². The Balaban J connectivity index is 1.67. The van der Waals surface area contributed by atoms with Crippen LogP contribution in [0.2, 0.25) is 10.0 Å². The first-order valence-electron chi connectivity index (χ1n) is 7.72. The van der Waals surface area contributed by atoms with Crippen LogP contribution in [0.25, 0.3) is 11.4 Å². The number of halogens is 2. The van der Waals surface area contributed by atoms with Crippen molar-refractivity contribution < 1.29 is 9.26 Å². The Kier molecular flexibility index (Phi) is 5.58. The highest BCUT2D eigenvalue weighted by Crippen LogP contribution is 2.26. The van der Waals surface area contributed by atoms with Crippen molar-refractivity contribution in [2.24, 2.45) is 0 Å². The first kappa shape index (κ1) is 17.7. The van der Waals surface area contributed by atoms with E-state index in [0.717, 1.165) is 16.9 Å². The molecule has 0 amide bonds. The summed E-state index contributed by atoms with van der Waals surface area (Å²) in [4.78, 5) is 4.41. The maximum atomic E-state index is 6.23. The number of methoxy groups -OCH3 is 1. The molecule has 0 saturated carbocycles. The summed E-state index contributed by atoms with van der Waals surface area (Å²) in [7, 11) is 1.62. The summed E-state index contributed by atoms with van der Waals surface area (Å²) in [5.74, 6) is 1.76. The Hall–Kier alpha value is -2.08. The first-order valence-corrected chi connectivity index (χ1v) is 8.47.